The topological polar surface area (TPSA) is 94.2 Å². The first-order chi connectivity index (χ1) is 17.2. The lowest BCUT2D eigenvalue weighted by Crippen LogP contribution is -2.41. The highest BCUT2D eigenvalue weighted by atomic mass is 35.5. The van der Waals surface area contributed by atoms with Crippen molar-refractivity contribution in [3.05, 3.63) is 76.8 Å². The summed E-state index contributed by atoms with van der Waals surface area (Å²) in [5, 5.41) is 3.25. The van der Waals surface area contributed by atoms with Gasteiger partial charge in [-0.05, 0) is 73.0 Å². The van der Waals surface area contributed by atoms with Crippen molar-refractivity contribution in [2.75, 3.05) is 38.7 Å². The van der Waals surface area contributed by atoms with Crippen molar-refractivity contribution in [3.8, 4) is 17.2 Å². The van der Waals surface area contributed by atoms with E-state index in [4.69, 9.17) is 25.8 Å². The number of nitrogens with one attached hydrogen (secondary N) is 1. The minimum absolute atomic E-state index is 0.0296. The van der Waals surface area contributed by atoms with E-state index in [9.17, 15) is 13.2 Å². The van der Waals surface area contributed by atoms with Crippen LogP contribution in [-0.2, 0) is 21.2 Å². The number of rotatable bonds is 11. The fraction of sp³-hybridized carbons (Fsp3) is 0.269. The predicted molar refractivity (Wildman–Crippen MR) is 140 cm³/mol. The number of carbonyl (C=O) groups is 1. The molecule has 0 aliphatic rings. The third-order valence-electron chi connectivity index (χ3n) is 5.47. The smallest absolute Gasteiger partial charge is 0.268 e. The Morgan fingerprint density at radius 2 is 1.53 bits per heavy atom. The van der Waals surface area contributed by atoms with E-state index in [1.54, 1.807) is 63.6 Å². The molecule has 1 N–H and O–H groups in total. The molecule has 3 aromatic carbocycles. The summed E-state index contributed by atoms with van der Waals surface area (Å²) in [4.78, 5) is 12.9. The van der Waals surface area contributed by atoms with Crippen LogP contribution < -0.4 is 23.8 Å². The predicted octanol–water partition coefficient (Wildman–Crippen LogP) is 4.23. The molecule has 10 heteroatoms. The van der Waals surface area contributed by atoms with Crippen LogP contribution in [0.3, 0.4) is 0 Å². The number of nitrogens with zero attached hydrogens (tertiary/aromatic N) is 1. The van der Waals surface area contributed by atoms with Gasteiger partial charge in [-0.25, -0.2) is 8.42 Å². The van der Waals surface area contributed by atoms with Crippen LogP contribution >= 0.6 is 11.6 Å². The fourth-order valence-electron chi connectivity index (χ4n) is 3.60. The van der Waals surface area contributed by atoms with Gasteiger partial charge in [0.25, 0.3) is 10.0 Å². The van der Waals surface area contributed by atoms with Crippen molar-refractivity contribution in [1.29, 1.82) is 0 Å². The molecule has 0 saturated heterocycles. The number of sulfonamides is 1. The highest BCUT2D eigenvalue weighted by Gasteiger charge is 2.30. The van der Waals surface area contributed by atoms with Gasteiger partial charge in [-0.15, -0.1) is 0 Å². The van der Waals surface area contributed by atoms with E-state index in [0.717, 1.165) is 15.4 Å². The van der Waals surface area contributed by atoms with Crippen LogP contribution in [0, 0.1) is 6.92 Å². The average Bonchev–Trinajstić information content (AvgIpc) is 2.87. The Bertz CT molecular complexity index is 1310. The van der Waals surface area contributed by atoms with Crippen LogP contribution in [0.1, 0.15) is 11.1 Å². The summed E-state index contributed by atoms with van der Waals surface area (Å²) in [7, 11) is 0.367. The van der Waals surface area contributed by atoms with E-state index in [1.807, 2.05) is 12.1 Å². The summed E-state index contributed by atoms with van der Waals surface area (Å²) in [6, 6.07) is 16.6. The first kappa shape index (κ1) is 27.2. The molecule has 0 fully saturated rings. The maximum Gasteiger partial charge on any atom is 0.268 e. The van der Waals surface area contributed by atoms with Crippen LogP contribution in [0.4, 0.5) is 5.69 Å². The highest BCUT2D eigenvalue weighted by Crippen LogP contribution is 2.31. The van der Waals surface area contributed by atoms with Gasteiger partial charge < -0.3 is 19.5 Å². The third kappa shape index (κ3) is 6.41. The molecule has 8 nitrogen and oxygen atoms in total. The average molecular weight is 533 g/mol. The molecule has 0 atom stereocenters. The fourth-order valence-corrected chi connectivity index (χ4v) is 5.39. The molecule has 0 aromatic heterocycles. The highest BCUT2D eigenvalue weighted by molar-refractivity contribution is 7.93. The first-order valence-electron chi connectivity index (χ1n) is 11.1. The number of methoxy groups -OCH3 is 3. The zero-order chi connectivity index (χ0) is 26.3. The second kappa shape index (κ2) is 12.0. The Morgan fingerprint density at radius 1 is 0.889 bits per heavy atom. The minimum atomic E-state index is -4.15. The Hall–Kier alpha value is -3.43. The SMILES string of the molecule is COc1ccc(CCNC(=O)CN(c2ccc(Cl)cc2)S(=O)(=O)c2cc(C)ccc2OC)cc1OC. The number of hydrogen-bond acceptors (Lipinski definition) is 6. The summed E-state index contributed by atoms with van der Waals surface area (Å²) in [5.41, 5.74) is 1.97. The molecule has 0 saturated carbocycles. The van der Waals surface area contributed by atoms with Crippen LogP contribution in [0.5, 0.6) is 17.2 Å². The van der Waals surface area contributed by atoms with Crippen molar-refractivity contribution in [2.24, 2.45) is 0 Å². The Labute approximate surface area is 216 Å². The summed E-state index contributed by atoms with van der Waals surface area (Å²) in [6.07, 6.45) is 0.519. The maximum absolute atomic E-state index is 13.7. The largest absolute Gasteiger partial charge is 0.495 e. The lowest BCUT2D eigenvalue weighted by molar-refractivity contribution is -0.119. The van der Waals surface area contributed by atoms with E-state index >= 15 is 0 Å². The van der Waals surface area contributed by atoms with Crippen molar-refractivity contribution in [2.45, 2.75) is 18.2 Å². The number of amides is 1. The van der Waals surface area contributed by atoms with Gasteiger partial charge in [-0.3, -0.25) is 9.10 Å². The number of hydrogen-bond donors (Lipinski definition) is 1. The van der Waals surface area contributed by atoms with Crippen molar-refractivity contribution in [3.63, 3.8) is 0 Å². The lowest BCUT2D eigenvalue weighted by Gasteiger charge is -2.25. The van der Waals surface area contributed by atoms with Crippen LogP contribution in [0.25, 0.3) is 0 Å². The number of aryl methyl sites for hydroxylation is 1. The van der Waals surface area contributed by atoms with E-state index < -0.39 is 22.5 Å². The molecule has 3 rings (SSSR count). The quantitative estimate of drug-likeness (QED) is 0.397. The van der Waals surface area contributed by atoms with Gasteiger partial charge in [0.2, 0.25) is 5.91 Å². The van der Waals surface area contributed by atoms with Gasteiger partial charge >= 0.3 is 0 Å². The molecule has 36 heavy (non-hydrogen) atoms. The van der Waals surface area contributed by atoms with Crippen LogP contribution in [0.2, 0.25) is 5.02 Å². The van der Waals surface area contributed by atoms with Gasteiger partial charge in [0.05, 0.1) is 27.0 Å². The van der Waals surface area contributed by atoms with E-state index in [0.29, 0.717) is 35.2 Å². The normalized spacial score (nSPS) is 11.0. The third-order valence-corrected chi connectivity index (χ3v) is 7.52. The standard InChI is InChI=1S/C26H29ClN2O6S/c1-18-5-11-23(34-3)25(15-18)36(31,32)29(21-9-7-20(27)8-10-21)17-26(30)28-14-13-19-6-12-22(33-2)24(16-19)35-4/h5-12,15-16H,13-14,17H2,1-4H3,(H,28,30). The molecule has 0 aliphatic carbocycles. The molecule has 192 valence electrons. The van der Waals surface area contributed by atoms with Gasteiger partial charge in [0.15, 0.2) is 11.5 Å². The second-order valence-corrected chi connectivity index (χ2v) is 10.2. The summed E-state index contributed by atoms with van der Waals surface area (Å²) >= 11 is 6.01. The van der Waals surface area contributed by atoms with Crippen molar-refractivity contribution >= 4 is 33.2 Å². The summed E-state index contributed by atoms with van der Waals surface area (Å²) < 4.78 is 44.3. The minimum Gasteiger partial charge on any atom is -0.495 e. The second-order valence-electron chi connectivity index (χ2n) is 7.93. The monoisotopic (exact) mass is 532 g/mol. The Morgan fingerprint density at radius 3 is 2.17 bits per heavy atom. The van der Waals surface area contributed by atoms with Crippen LogP contribution in [-0.4, -0.2) is 48.7 Å². The van der Waals surface area contributed by atoms with Crippen molar-refractivity contribution < 1.29 is 27.4 Å². The van der Waals surface area contributed by atoms with Gasteiger partial charge in [-0.1, -0.05) is 23.7 Å². The van der Waals surface area contributed by atoms with E-state index in [1.165, 1.54) is 13.2 Å². The first-order valence-corrected chi connectivity index (χ1v) is 12.9. The number of halogens is 1. The van der Waals surface area contributed by atoms with E-state index in [-0.39, 0.29) is 10.6 Å². The van der Waals surface area contributed by atoms with Gasteiger partial charge in [0, 0.05) is 11.6 Å². The summed E-state index contributed by atoms with van der Waals surface area (Å²) in [5.74, 6) is 0.933. The Kier molecular flexibility index (Phi) is 9.06. The molecular formula is C26H29ClN2O6S. The summed E-state index contributed by atoms with van der Waals surface area (Å²) in [6.45, 7) is 1.66. The van der Waals surface area contributed by atoms with Gasteiger partial charge in [-0.2, -0.15) is 0 Å². The molecule has 1 amide bonds. The Balaban J connectivity index is 1.81. The molecule has 0 radical (unpaired) electrons. The maximum atomic E-state index is 13.7. The van der Waals surface area contributed by atoms with Gasteiger partial charge in [0.1, 0.15) is 17.2 Å². The lowest BCUT2D eigenvalue weighted by atomic mass is 10.1. The number of benzene rings is 3. The molecule has 0 unspecified atom stereocenters. The molecule has 0 spiro atoms. The van der Waals surface area contributed by atoms with Crippen molar-refractivity contribution in [1.82, 2.24) is 5.32 Å². The molecule has 0 heterocycles. The molecule has 0 bridgehead atoms. The van der Waals surface area contributed by atoms with Crippen LogP contribution in [0.15, 0.2) is 65.6 Å². The molecule has 3 aromatic rings. The molecule has 0 aliphatic heterocycles. The zero-order valence-corrected chi connectivity index (χ0v) is 22.2. The van der Waals surface area contributed by atoms with E-state index in [2.05, 4.69) is 5.32 Å². The number of carbonyl (C=O) groups excluding carboxylic acids is 1. The number of anilines is 1. The zero-order valence-electron chi connectivity index (χ0n) is 20.6. The number of ether oxygens (including phenoxy) is 3. The molecular weight excluding hydrogens is 504 g/mol.